The zero-order valence-electron chi connectivity index (χ0n) is 23.3. The number of para-hydroxylation sites is 1. The van der Waals surface area contributed by atoms with Gasteiger partial charge in [0.25, 0.3) is 5.69 Å². The van der Waals surface area contributed by atoms with Gasteiger partial charge in [-0.05, 0) is 22.8 Å². The first kappa shape index (κ1) is 30.0. The lowest BCUT2D eigenvalue weighted by Crippen LogP contribution is -2.60. The van der Waals surface area contributed by atoms with E-state index < -0.39 is 52.9 Å². The average Bonchev–Trinajstić information content (AvgIpc) is 3.05. The van der Waals surface area contributed by atoms with Gasteiger partial charge in [0.1, 0.15) is 29.5 Å². The molecule has 43 heavy (non-hydrogen) atoms. The van der Waals surface area contributed by atoms with Gasteiger partial charge in [-0.25, -0.2) is 4.79 Å². The van der Waals surface area contributed by atoms with E-state index in [0.29, 0.717) is 0 Å². The van der Waals surface area contributed by atoms with Crippen molar-refractivity contribution < 1.29 is 38.9 Å². The molecule has 10 nitrogen and oxygen atoms in total. The molecule has 0 unspecified atom stereocenters. The molecule has 5 atom stereocenters. The van der Waals surface area contributed by atoms with Crippen LogP contribution in [0.25, 0.3) is 0 Å². The smallest absolute Gasteiger partial charge is 0.345 e. The molecule has 1 aliphatic rings. The Morgan fingerprint density at radius 3 is 1.79 bits per heavy atom. The topological polar surface area (TPSA) is 138 Å². The predicted molar refractivity (Wildman–Crippen MR) is 155 cm³/mol. The summed E-state index contributed by atoms with van der Waals surface area (Å²) in [6, 6.07) is 34.1. The molecule has 0 radical (unpaired) electrons. The molecular formula is C33H31NO9. The summed E-state index contributed by atoms with van der Waals surface area (Å²) in [6.07, 6.45) is -7.10. The number of hydrogen-bond donors (Lipinski definition) is 2. The summed E-state index contributed by atoms with van der Waals surface area (Å²) < 4.78 is 23.5. The third kappa shape index (κ3) is 6.05. The molecule has 4 aromatic carbocycles. The van der Waals surface area contributed by atoms with Crippen molar-refractivity contribution in [1.82, 2.24) is 0 Å². The molecule has 0 amide bonds. The number of benzene rings is 4. The maximum Gasteiger partial charge on any atom is 0.345 e. The van der Waals surface area contributed by atoms with Crippen LogP contribution in [0.2, 0.25) is 0 Å². The van der Waals surface area contributed by atoms with E-state index in [1.807, 2.05) is 91.0 Å². The number of carbonyl (C=O) groups is 1. The van der Waals surface area contributed by atoms with Crippen molar-refractivity contribution in [2.24, 2.45) is 0 Å². The highest BCUT2D eigenvalue weighted by atomic mass is 16.7. The van der Waals surface area contributed by atoms with Crippen molar-refractivity contribution in [2.75, 3.05) is 13.7 Å². The number of aliphatic hydroxyl groups excluding tert-OH is 2. The van der Waals surface area contributed by atoms with Gasteiger partial charge in [0.15, 0.2) is 12.4 Å². The summed E-state index contributed by atoms with van der Waals surface area (Å²) in [5, 5.41) is 33.6. The van der Waals surface area contributed by atoms with Crippen LogP contribution in [0.5, 0.6) is 0 Å². The van der Waals surface area contributed by atoms with Gasteiger partial charge < -0.3 is 29.2 Å². The largest absolute Gasteiger partial charge is 0.450 e. The van der Waals surface area contributed by atoms with Crippen LogP contribution in [0.4, 0.5) is 5.69 Å². The predicted octanol–water partition coefficient (Wildman–Crippen LogP) is 4.22. The van der Waals surface area contributed by atoms with Crippen molar-refractivity contribution in [3.63, 3.8) is 0 Å². The van der Waals surface area contributed by atoms with Gasteiger partial charge in [-0.1, -0.05) is 103 Å². The van der Waals surface area contributed by atoms with E-state index in [4.69, 9.17) is 18.9 Å². The molecule has 0 saturated carbocycles. The molecule has 1 aliphatic heterocycles. The Hall–Kier alpha value is -4.45. The molecule has 2 N–H and O–H groups in total. The standard InChI is InChI=1S/C33H31NO9/c1-40-32-30(43-31(37)25-19-11-12-20-26(25)34(38)39)29(36)28(35)27(42-32)21-41-33(22-13-5-2-6-14-22,23-15-7-3-8-16-23)24-17-9-4-10-18-24/h2-20,27-30,32,35-36H,21H2,1H3/t27-,28-,29+,30-,32+/m1/s1. The number of nitrogens with zero attached hydrogens (tertiary/aromatic N) is 1. The second-order valence-electron chi connectivity index (χ2n) is 9.99. The van der Waals surface area contributed by atoms with E-state index >= 15 is 0 Å². The first-order valence-electron chi connectivity index (χ1n) is 13.7. The average molecular weight is 586 g/mol. The number of carbonyl (C=O) groups excluding carboxylic acids is 1. The van der Waals surface area contributed by atoms with Crippen LogP contribution in [0.1, 0.15) is 27.0 Å². The fourth-order valence-corrected chi connectivity index (χ4v) is 5.33. The quantitative estimate of drug-likeness (QED) is 0.121. The van der Waals surface area contributed by atoms with Crippen molar-refractivity contribution in [3.05, 3.63) is 148 Å². The van der Waals surface area contributed by atoms with Crippen molar-refractivity contribution >= 4 is 11.7 Å². The number of aliphatic hydroxyl groups is 2. The molecular weight excluding hydrogens is 554 g/mol. The second-order valence-corrected chi connectivity index (χ2v) is 9.99. The van der Waals surface area contributed by atoms with Gasteiger partial charge in [-0.3, -0.25) is 10.1 Å². The number of nitro groups is 1. The SMILES string of the molecule is CO[C@H]1O[C@H](COC(c2ccccc2)(c2ccccc2)c2ccccc2)[C@@H](O)[C@H](O)[C@H]1OC(=O)c1ccccc1[N+](=O)[O-]. The highest BCUT2D eigenvalue weighted by molar-refractivity contribution is 5.94. The van der Waals surface area contributed by atoms with E-state index in [1.165, 1.54) is 31.4 Å². The number of hydrogen-bond acceptors (Lipinski definition) is 9. The maximum atomic E-state index is 12.9. The Bertz CT molecular complexity index is 1420. The lowest BCUT2D eigenvalue weighted by molar-refractivity contribution is -0.385. The van der Waals surface area contributed by atoms with E-state index in [2.05, 4.69) is 0 Å². The number of nitro benzene ring substituents is 1. The Morgan fingerprint density at radius 1 is 0.814 bits per heavy atom. The molecule has 4 aromatic rings. The van der Waals surface area contributed by atoms with Crippen LogP contribution < -0.4 is 0 Å². The van der Waals surface area contributed by atoms with Crippen molar-refractivity contribution in [1.29, 1.82) is 0 Å². The zero-order valence-corrected chi connectivity index (χ0v) is 23.3. The second kappa shape index (κ2) is 13.2. The molecule has 0 aromatic heterocycles. The maximum absolute atomic E-state index is 12.9. The molecule has 0 bridgehead atoms. The van der Waals surface area contributed by atoms with Gasteiger partial charge in [0.05, 0.1) is 11.5 Å². The number of methoxy groups -OCH3 is 1. The van der Waals surface area contributed by atoms with Crippen LogP contribution in [0.15, 0.2) is 115 Å². The number of esters is 1. The molecule has 5 rings (SSSR count). The fraction of sp³-hybridized carbons (Fsp3) is 0.242. The number of rotatable bonds is 10. The van der Waals surface area contributed by atoms with E-state index in [0.717, 1.165) is 16.7 Å². The van der Waals surface area contributed by atoms with Crippen LogP contribution in [0, 0.1) is 10.1 Å². The molecule has 10 heteroatoms. The normalized spacial score (nSPS) is 22.1. The lowest BCUT2D eigenvalue weighted by atomic mass is 9.80. The van der Waals surface area contributed by atoms with Gasteiger partial charge in [0, 0.05) is 13.2 Å². The summed E-state index contributed by atoms with van der Waals surface area (Å²) in [5.74, 6) is -1.07. The summed E-state index contributed by atoms with van der Waals surface area (Å²) in [7, 11) is 1.29. The van der Waals surface area contributed by atoms with Gasteiger partial charge in [-0.2, -0.15) is 0 Å². The molecule has 0 aliphatic carbocycles. The summed E-state index contributed by atoms with van der Waals surface area (Å²) >= 11 is 0. The fourth-order valence-electron chi connectivity index (χ4n) is 5.33. The van der Waals surface area contributed by atoms with E-state index in [1.54, 1.807) is 0 Å². The zero-order chi connectivity index (χ0) is 30.4. The van der Waals surface area contributed by atoms with Gasteiger partial charge in [0.2, 0.25) is 0 Å². The van der Waals surface area contributed by atoms with Crippen LogP contribution in [0.3, 0.4) is 0 Å². The molecule has 222 valence electrons. The lowest BCUT2D eigenvalue weighted by Gasteiger charge is -2.43. The molecule has 1 heterocycles. The Labute approximate surface area is 248 Å². The van der Waals surface area contributed by atoms with Crippen LogP contribution in [-0.2, 0) is 24.5 Å². The Kier molecular flexibility index (Phi) is 9.24. The van der Waals surface area contributed by atoms with Crippen molar-refractivity contribution in [2.45, 2.75) is 36.3 Å². The highest BCUT2D eigenvalue weighted by Crippen LogP contribution is 2.41. The van der Waals surface area contributed by atoms with Crippen LogP contribution in [-0.4, -0.2) is 65.5 Å². The first-order chi connectivity index (χ1) is 20.9. The summed E-state index contributed by atoms with van der Waals surface area (Å²) in [6.45, 7) is -0.193. The van der Waals surface area contributed by atoms with E-state index in [-0.39, 0.29) is 12.2 Å². The molecule has 0 spiro atoms. The third-order valence-electron chi connectivity index (χ3n) is 7.45. The minimum Gasteiger partial charge on any atom is -0.450 e. The Morgan fingerprint density at radius 2 is 1.30 bits per heavy atom. The monoisotopic (exact) mass is 585 g/mol. The molecule has 1 saturated heterocycles. The first-order valence-corrected chi connectivity index (χ1v) is 13.7. The number of ether oxygens (including phenoxy) is 4. The molecule has 1 fully saturated rings. The minimum atomic E-state index is -1.65. The highest BCUT2D eigenvalue weighted by Gasteiger charge is 2.49. The van der Waals surface area contributed by atoms with E-state index in [9.17, 15) is 25.1 Å². The minimum absolute atomic E-state index is 0.193. The van der Waals surface area contributed by atoms with Crippen LogP contribution >= 0.6 is 0 Å². The van der Waals surface area contributed by atoms with Gasteiger partial charge >= 0.3 is 5.97 Å². The summed E-state index contributed by atoms with van der Waals surface area (Å²) in [4.78, 5) is 23.6. The Balaban J connectivity index is 1.43. The third-order valence-corrected chi connectivity index (χ3v) is 7.45. The van der Waals surface area contributed by atoms with Gasteiger partial charge in [-0.15, -0.1) is 0 Å². The summed E-state index contributed by atoms with van der Waals surface area (Å²) in [5.41, 5.74) is 0.607. The van der Waals surface area contributed by atoms with Crippen molar-refractivity contribution in [3.8, 4) is 0 Å².